The molecule has 4 heteroatoms. The molecule has 0 amide bonds. The van der Waals surface area contributed by atoms with E-state index in [9.17, 15) is 0 Å². The summed E-state index contributed by atoms with van der Waals surface area (Å²) in [5.41, 5.74) is 9.85. The Morgan fingerprint density at radius 3 is 1.25 bits per heavy atom. The Bertz CT molecular complexity index is 181. The molecule has 1 aromatic heterocycles. The second kappa shape index (κ2) is 9.16. The van der Waals surface area contributed by atoms with E-state index in [1.54, 1.807) is 36.9 Å². The average Bonchev–Trinajstić information content (AvgIpc) is 2.18. The van der Waals surface area contributed by atoms with Crippen LogP contribution in [0.3, 0.4) is 0 Å². The minimum Gasteiger partial charge on any atom is -0.405 e. The van der Waals surface area contributed by atoms with Crippen LogP contribution in [0.4, 0.5) is 0 Å². The summed E-state index contributed by atoms with van der Waals surface area (Å²) in [7, 11) is 0. The van der Waals surface area contributed by atoms with E-state index in [0.717, 1.165) is 0 Å². The molecule has 0 atom stereocenters. The first-order valence-corrected chi connectivity index (χ1v) is 3.37. The third-order valence-corrected chi connectivity index (χ3v) is 0.811. The van der Waals surface area contributed by atoms with Gasteiger partial charge in [0.05, 0.1) is 0 Å². The first kappa shape index (κ1) is 10.2. The third kappa shape index (κ3) is 8.16. The minimum absolute atomic E-state index is 1.42. The van der Waals surface area contributed by atoms with E-state index in [-0.39, 0.29) is 0 Å². The molecule has 0 saturated heterocycles. The average molecular weight is 164 g/mol. The molecule has 0 spiro atoms. The second-order valence-electron chi connectivity index (χ2n) is 1.66. The van der Waals surface area contributed by atoms with Gasteiger partial charge in [-0.2, -0.15) is 0 Å². The van der Waals surface area contributed by atoms with Gasteiger partial charge in [0, 0.05) is 24.8 Å². The molecule has 0 aliphatic heterocycles. The van der Waals surface area contributed by atoms with E-state index >= 15 is 0 Å². The van der Waals surface area contributed by atoms with Gasteiger partial charge in [0.2, 0.25) is 0 Å². The van der Waals surface area contributed by atoms with Gasteiger partial charge >= 0.3 is 0 Å². The number of hydrogen-bond acceptors (Lipinski definition) is 4. The van der Waals surface area contributed by atoms with Crippen LogP contribution in [0.5, 0.6) is 0 Å². The van der Waals surface area contributed by atoms with Gasteiger partial charge in [-0.3, -0.25) is 9.97 Å². The number of hydrogen-bond donors (Lipinski definition) is 2. The Kier molecular flexibility index (Phi) is 7.76. The van der Waals surface area contributed by atoms with Crippen LogP contribution in [-0.2, 0) is 0 Å². The van der Waals surface area contributed by atoms with Crippen LogP contribution in [0, 0.1) is 0 Å². The molecule has 0 unspecified atom stereocenters. The highest BCUT2D eigenvalue weighted by Gasteiger charge is 1.59. The van der Waals surface area contributed by atoms with Crippen molar-refractivity contribution < 1.29 is 0 Å². The lowest BCUT2D eigenvalue weighted by molar-refractivity contribution is 1.20. The zero-order valence-electron chi connectivity index (χ0n) is 6.67. The van der Waals surface area contributed by atoms with Crippen molar-refractivity contribution in [3.8, 4) is 0 Å². The van der Waals surface area contributed by atoms with Crippen LogP contribution in [0.25, 0.3) is 0 Å². The lowest BCUT2D eigenvalue weighted by atomic mass is 10.6. The molecule has 0 bridgehead atoms. The summed E-state index contributed by atoms with van der Waals surface area (Å²) in [5, 5.41) is 0. The highest BCUT2D eigenvalue weighted by Crippen LogP contribution is 1.65. The Balaban J connectivity index is 0.000000202. The summed E-state index contributed by atoms with van der Waals surface area (Å²) in [4.78, 5) is 7.44. The predicted octanol–water partition coefficient (Wildman–Crippen LogP) is 0.408. The molecule has 0 radical (unpaired) electrons. The fourth-order valence-corrected chi connectivity index (χ4v) is 0.382. The number of nitrogens with two attached hydrogens (primary N) is 2. The maximum atomic E-state index is 4.93. The summed E-state index contributed by atoms with van der Waals surface area (Å²) in [6.45, 7) is 0. The number of allylic oxidation sites excluding steroid dienone is 2. The molecular formula is C8H12N4. The van der Waals surface area contributed by atoms with Crippen LogP contribution >= 0.6 is 0 Å². The summed E-state index contributed by atoms with van der Waals surface area (Å²) in [5.74, 6) is 0. The SMILES string of the molecule is N/C=C\C=C/N.c1cnccn1. The molecule has 4 nitrogen and oxygen atoms in total. The van der Waals surface area contributed by atoms with Crippen LogP contribution in [0.2, 0.25) is 0 Å². The van der Waals surface area contributed by atoms with Gasteiger partial charge in [0.15, 0.2) is 0 Å². The smallest absolute Gasteiger partial charge is 0.0451 e. The minimum atomic E-state index is 1.42. The monoisotopic (exact) mass is 164 g/mol. The maximum absolute atomic E-state index is 4.93. The summed E-state index contributed by atoms with van der Waals surface area (Å²) >= 11 is 0. The van der Waals surface area contributed by atoms with Crippen LogP contribution in [-0.4, -0.2) is 9.97 Å². The Labute approximate surface area is 71.6 Å². The zero-order valence-corrected chi connectivity index (χ0v) is 6.67. The summed E-state index contributed by atoms with van der Waals surface area (Å²) in [6.07, 6.45) is 12.7. The van der Waals surface area contributed by atoms with Gasteiger partial charge in [0.25, 0.3) is 0 Å². The molecule has 1 heterocycles. The standard InChI is InChI=1S/C4H4N2.C4H8N2/c1-2-6-4-3-5-1;5-3-1-2-4-6/h1-4H;1-4H,5-6H2/b;3-1-,4-2-. The van der Waals surface area contributed by atoms with Crippen molar-refractivity contribution in [2.45, 2.75) is 0 Å². The van der Waals surface area contributed by atoms with Crippen molar-refractivity contribution in [3.05, 3.63) is 49.3 Å². The van der Waals surface area contributed by atoms with Gasteiger partial charge in [-0.15, -0.1) is 0 Å². The van der Waals surface area contributed by atoms with E-state index in [4.69, 9.17) is 11.5 Å². The quantitative estimate of drug-likeness (QED) is 0.589. The molecule has 0 saturated carbocycles. The first-order valence-electron chi connectivity index (χ1n) is 3.37. The van der Waals surface area contributed by atoms with Crippen molar-refractivity contribution in [3.63, 3.8) is 0 Å². The molecule has 0 fully saturated rings. The van der Waals surface area contributed by atoms with Gasteiger partial charge < -0.3 is 11.5 Å². The summed E-state index contributed by atoms with van der Waals surface area (Å²) in [6, 6.07) is 0. The largest absolute Gasteiger partial charge is 0.405 e. The molecule has 0 aliphatic rings. The topological polar surface area (TPSA) is 77.8 Å². The fourth-order valence-electron chi connectivity index (χ4n) is 0.382. The molecule has 0 aromatic carbocycles. The van der Waals surface area contributed by atoms with E-state index in [1.165, 1.54) is 12.4 Å². The lowest BCUT2D eigenvalue weighted by Crippen LogP contribution is -1.75. The van der Waals surface area contributed by atoms with Crippen molar-refractivity contribution in [1.29, 1.82) is 0 Å². The van der Waals surface area contributed by atoms with Crippen LogP contribution < -0.4 is 11.5 Å². The number of aromatic nitrogens is 2. The van der Waals surface area contributed by atoms with Crippen LogP contribution in [0.15, 0.2) is 49.3 Å². The third-order valence-electron chi connectivity index (χ3n) is 0.811. The Morgan fingerprint density at radius 1 is 0.750 bits per heavy atom. The molecule has 1 rings (SSSR count). The first-order chi connectivity index (χ1) is 5.91. The second-order valence-corrected chi connectivity index (χ2v) is 1.66. The van der Waals surface area contributed by atoms with Gasteiger partial charge in [0.1, 0.15) is 0 Å². The molecular weight excluding hydrogens is 152 g/mol. The van der Waals surface area contributed by atoms with Crippen molar-refractivity contribution in [1.82, 2.24) is 9.97 Å². The van der Waals surface area contributed by atoms with Crippen molar-refractivity contribution >= 4 is 0 Å². The predicted molar refractivity (Wildman–Crippen MR) is 48.7 cm³/mol. The van der Waals surface area contributed by atoms with Gasteiger partial charge in [-0.05, 0) is 24.6 Å². The summed E-state index contributed by atoms with van der Waals surface area (Å²) < 4.78 is 0. The normalized spacial score (nSPS) is 9.67. The van der Waals surface area contributed by atoms with Crippen molar-refractivity contribution in [2.75, 3.05) is 0 Å². The van der Waals surface area contributed by atoms with E-state index in [1.807, 2.05) is 0 Å². The van der Waals surface area contributed by atoms with E-state index in [0.29, 0.717) is 0 Å². The molecule has 1 aromatic rings. The van der Waals surface area contributed by atoms with E-state index < -0.39 is 0 Å². The maximum Gasteiger partial charge on any atom is 0.0451 e. The Hall–Kier alpha value is -1.84. The lowest BCUT2D eigenvalue weighted by Gasteiger charge is -1.70. The van der Waals surface area contributed by atoms with Crippen molar-refractivity contribution in [2.24, 2.45) is 11.5 Å². The van der Waals surface area contributed by atoms with Gasteiger partial charge in [-0.1, -0.05) is 0 Å². The van der Waals surface area contributed by atoms with Crippen LogP contribution in [0.1, 0.15) is 0 Å². The fraction of sp³-hybridized carbons (Fsp3) is 0. The van der Waals surface area contributed by atoms with E-state index in [2.05, 4.69) is 9.97 Å². The Morgan fingerprint density at radius 2 is 1.08 bits per heavy atom. The van der Waals surface area contributed by atoms with Gasteiger partial charge in [-0.25, -0.2) is 0 Å². The highest BCUT2D eigenvalue weighted by atomic mass is 14.7. The molecule has 0 aliphatic carbocycles. The molecule has 4 N–H and O–H groups in total. The highest BCUT2D eigenvalue weighted by molar-refractivity contribution is 4.97. The zero-order chi connectivity index (χ0) is 9.07. The molecule has 64 valence electrons. The number of rotatable bonds is 1. The number of nitrogens with zero attached hydrogens (tertiary/aromatic N) is 2. The molecule has 12 heavy (non-hydrogen) atoms.